The van der Waals surface area contributed by atoms with E-state index in [-0.39, 0.29) is 18.5 Å². The van der Waals surface area contributed by atoms with Crippen LogP contribution in [0.2, 0.25) is 0 Å². The lowest BCUT2D eigenvalue weighted by atomic mass is 10.1. The Morgan fingerprint density at radius 3 is 2.79 bits per heavy atom. The lowest BCUT2D eigenvalue weighted by Gasteiger charge is -2.16. The number of ether oxygens (including phenoxy) is 1. The number of methoxy groups -OCH3 is 1. The second kappa shape index (κ2) is 4.93. The number of hydrogen-bond donors (Lipinski definition) is 2. The molecular weight excluding hydrogens is 185 g/mol. The van der Waals surface area contributed by atoms with E-state index in [4.69, 9.17) is 9.84 Å². The number of rotatable bonds is 4. The molecule has 0 amide bonds. The molecule has 0 aromatic heterocycles. The molecule has 1 aromatic rings. The van der Waals surface area contributed by atoms with Crippen LogP contribution in [-0.4, -0.2) is 25.9 Å². The Labute approximate surface area is 82.5 Å². The first-order valence-corrected chi connectivity index (χ1v) is 4.34. The van der Waals surface area contributed by atoms with Gasteiger partial charge in [0.25, 0.3) is 0 Å². The van der Waals surface area contributed by atoms with Crippen LogP contribution in [0.5, 0.6) is 5.75 Å². The summed E-state index contributed by atoms with van der Waals surface area (Å²) >= 11 is 0. The van der Waals surface area contributed by atoms with Crippen LogP contribution in [0.1, 0.15) is 11.6 Å². The summed E-state index contributed by atoms with van der Waals surface area (Å²) in [5.74, 6) is 0.0943. The topological polar surface area (TPSA) is 41.5 Å². The fourth-order valence-corrected chi connectivity index (χ4v) is 1.32. The molecule has 78 valence electrons. The van der Waals surface area contributed by atoms with E-state index in [1.54, 1.807) is 13.1 Å². The minimum Gasteiger partial charge on any atom is -0.496 e. The molecule has 0 heterocycles. The van der Waals surface area contributed by atoms with Gasteiger partial charge in [-0.05, 0) is 13.1 Å². The highest BCUT2D eigenvalue weighted by Gasteiger charge is 2.13. The van der Waals surface area contributed by atoms with Crippen LogP contribution in [0.4, 0.5) is 4.39 Å². The van der Waals surface area contributed by atoms with Gasteiger partial charge in [-0.1, -0.05) is 6.07 Å². The molecule has 0 bridgehead atoms. The maximum absolute atomic E-state index is 12.8. The Kier molecular flexibility index (Phi) is 3.85. The van der Waals surface area contributed by atoms with E-state index in [1.165, 1.54) is 19.2 Å². The number of hydrogen-bond acceptors (Lipinski definition) is 3. The molecule has 4 heteroatoms. The number of nitrogens with one attached hydrogen (secondary N) is 1. The maximum atomic E-state index is 12.8. The van der Waals surface area contributed by atoms with Crippen LogP contribution in [-0.2, 0) is 0 Å². The average Bonchev–Trinajstić information content (AvgIpc) is 2.21. The summed E-state index contributed by atoms with van der Waals surface area (Å²) in [4.78, 5) is 0. The lowest BCUT2D eigenvalue weighted by molar-refractivity contribution is 0.247. The smallest absolute Gasteiger partial charge is 0.126 e. The molecule has 0 aliphatic heterocycles. The molecule has 0 radical (unpaired) electrons. The molecular formula is C10H14FNO2. The van der Waals surface area contributed by atoms with Gasteiger partial charge >= 0.3 is 0 Å². The first-order chi connectivity index (χ1) is 6.72. The molecule has 0 aliphatic carbocycles. The molecule has 0 spiro atoms. The highest BCUT2D eigenvalue weighted by molar-refractivity contribution is 5.36. The summed E-state index contributed by atoms with van der Waals surface area (Å²) in [6.45, 7) is -0.0571. The highest BCUT2D eigenvalue weighted by Crippen LogP contribution is 2.25. The first kappa shape index (κ1) is 10.9. The Bertz CT molecular complexity index is 300. The van der Waals surface area contributed by atoms with E-state index in [1.807, 2.05) is 0 Å². The van der Waals surface area contributed by atoms with E-state index in [0.29, 0.717) is 5.75 Å². The Morgan fingerprint density at radius 2 is 2.29 bits per heavy atom. The van der Waals surface area contributed by atoms with Crippen LogP contribution in [0.15, 0.2) is 18.2 Å². The highest BCUT2D eigenvalue weighted by atomic mass is 19.1. The summed E-state index contributed by atoms with van der Waals surface area (Å²) in [5, 5.41) is 12.0. The van der Waals surface area contributed by atoms with Crippen LogP contribution in [0.25, 0.3) is 0 Å². The Morgan fingerprint density at radius 1 is 1.57 bits per heavy atom. The number of aliphatic hydroxyl groups excluding tert-OH is 1. The molecule has 14 heavy (non-hydrogen) atoms. The second-order valence-corrected chi connectivity index (χ2v) is 2.91. The zero-order valence-electron chi connectivity index (χ0n) is 8.25. The molecule has 0 aliphatic rings. The zero-order chi connectivity index (χ0) is 10.6. The number of benzene rings is 1. The normalized spacial score (nSPS) is 12.6. The van der Waals surface area contributed by atoms with Gasteiger partial charge in [-0.2, -0.15) is 0 Å². The molecule has 0 saturated carbocycles. The van der Waals surface area contributed by atoms with Crippen molar-refractivity contribution in [2.75, 3.05) is 20.8 Å². The van der Waals surface area contributed by atoms with Crippen LogP contribution in [0.3, 0.4) is 0 Å². The van der Waals surface area contributed by atoms with E-state index >= 15 is 0 Å². The van der Waals surface area contributed by atoms with Crippen molar-refractivity contribution < 1.29 is 14.2 Å². The third-order valence-electron chi connectivity index (χ3n) is 2.10. The summed E-state index contributed by atoms with van der Waals surface area (Å²) in [6.07, 6.45) is 0. The molecule has 0 unspecified atom stereocenters. The third-order valence-corrected chi connectivity index (χ3v) is 2.10. The van der Waals surface area contributed by atoms with Crippen molar-refractivity contribution in [3.63, 3.8) is 0 Å². The van der Waals surface area contributed by atoms with Gasteiger partial charge in [0.2, 0.25) is 0 Å². The standard InChI is InChI=1S/C10H14FNO2/c1-12-9(6-13)8-4-3-7(11)5-10(8)14-2/h3-5,9,12-13H,6H2,1-2H3/t9-/m1/s1. The van der Waals surface area contributed by atoms with Crippen molar-refractivity contribution in [2.24, 2.45) is 0 Å². The van der Waals surface area contributed by atoms with Gasteiger partial charge in [-0.15, -0.1) is 0 Å². The summed E-state index contributed by atoms with van der Waals surface area (Å²) in [6, 6.07) is 4.02. The van der Waals surface area contributed by atoms with Gasteiger partial charge in [0, 0.05) is 11.6 Å². The van der Waals surface area contributed by atoms with Crippen molar-refractivity contribution in [1.29, 1.82) is 0 Å². The fourth-order valence-electron chi connectivity index (χ4n) is 1.32. The molecule has 0 saturated heterocycles. The van der Waals surface area contributed by atoms with Gasteiger partial charge < -0.3 is 15.2 Å². The summed E-state index contributed by atoms with van der Waals surface area (Å²) in [5.41, 5.74) is 0.749. The minimum absolute atomic E-state index is 0.0571. The van der Waals surface area contributed by atoms with Crippen LogP contribution in [0, 0.1) is 5.82 Å². The van der Waals surface area contributed by atoms with Crippen molar-refractivity contribution in [2.45, 2.75) is 6.04 Å². The summed E-state index contributed by atoms with van der Waals surface area (Å²) < 4.78 is 17.9. The third kappa shape index (κ3) is 2.21. The lowest BCUT2D eigenvalue weighted by Crippen LogP contribution is -2.20. The van der Waals surface area contributed by atoms with Crippen LogP contribution >= 0.6 is 0 Å². The monoisotopic (exact) mass is 199 g/mol. The van der Waals surface area contributed by atoms with Gasteiger partial charge in [0.05, 0.1) is 19.8 Å². The predicted molar refractivity (Wildman–Crippen MR) is 51.8 cm³/mol. The average molecular weight is 199 g/mol. The van der Waals surface area contributed by atoms with Crippen molar-refractivity contribution in [3.05, 3.63) is 29.6 Å². The number of halogens is 1. The molecule has 2 N–H and O–H groups in total. The largest absolute Gasteiger partial charge is 0.496 e. The van der Waals surface area contributed by atoms with E-state index < -0.39 is 0 Å². The molecule has 3 nitrogen and oxygen atoms in total. The first-order valence-electron chi connectivity index (χ1n) is 4.34. The maximum Gasteiger partial charge on any atom is 0.126 e. The fraction of sp³-hybridized carbons (Fsp3) is 0.400. The molecule has 1 rings (SSSR count). The minimum atomic E-state index is -0.349. The van der Waals surface area contributed by atoms with Crippen molar-refractivity contribution in [3.8, 4) is 5.75 Å². The number of likely N-dealkylation sites (N-methyl/N-ethyl adjacent to an activating group) is 1. The quantitative estimate of drug-likeness (QED) is 0.762. The van der Waals surface area contributed by atoms with Gasteiger partial charge in [0.15, 0.2) is 0 Å². The van der Waals surface area contributed by atoms with E-state index in [9.17, 15) is 4.39 Å². The molecule has 1 atom stereocenters. The molecule has 1 aromatic carbocycles. The van der Waals surface area contributed by atoms with Crippen LogP contribution < -0.4 is 10.1 Å². The van der Waals surface area contributed by atoms with Crippen molar-refractivity contribution >= 4 is 0 Å². The molecule has 0 fully saturated rings. The van der Waals surface area contributed by atoms with Gasteiger partial charge in [0.1, 0.15) is 11.6 Å². The second-order valence-electron chi connectivity index (χ2n) is 2.91. The van der Waals surface area contributed by atoms with Gasteiger partial charge in [-0.25, -0.2) is 4.39 Å². The van der Waals surface area contributed by atoms with Crippen molar-refractivity contribution in [1.82, 2.24) is 5.32 Å². The SMILES string of the molecule is CN[C@H](CO)c1ccc(F)cc1OC. The van der Waals surface area contributed by atoms with E-state index in [0.717, 1.165) is 5.56 Å². The predicted octanol–water partition coefficient (Wildman–Crippen LogP) is 1.09. The zero-order valence-corrected chi connectivity index (χ0v) is 8.25. The van der Waals surface area contributed by atoms with Gasteiger partial charge in [-0.3, -0.25) is 0 Å². The van der Waals surface area contributed by atoms with E-state index in [2.05, 4.69) is 5.32 Å². The Balaban J connectivity index is 3.06. The number of aliphatic hydroxyl groups is 1. The summed E-state index contributed by atoms with van der Waals surface area (Å²) in [7, 11) is 3.20. The Hall–Kier alpha value is -1.13.